The molecule has 1 amide bonds. The summed E-state index contributed by atoms with van der Waals surface area (Å²) in [5, 5.41) is 0. The number of amides is 1. The van der Waals surface area contributed by atoms with Gasteiger partial charge in [0.25, 0.3) is 11.5 Å². The van der Waals surface area contributed by atoms with E-state index in [1.807, 2.05) is 42.5 Å². The predicted octanol–water partition coefficient (Wildman–Crippen LogP) is 3.98. The smallest absolute Gasteiger partial charge is 0.264 e. The summed E-state index contributed by atoms with van der Waals surface area (Å²) in [7, 11) is 0. The van der Waals surface area contributed by atoms with E-state index in [-0.39, 0.29) is 17.5 Å². The average molecular weight is 451 g/mol. The zero-order valence-corrected chi connectivity index (χ0v) is 18.8. The molecule has 6 heteroatoms. The zero-order chi connectivity index (χ0) is 23.3. The van der Waals surface area contributed by atoms with E-state index in [4.69, 9.17) is 0 Å². The van der Waals surface area contributed by atoms with E-state index in [0.29, 0.717) is 32.0 Å². The summed E-state index contributed by atoms with van der Waals surface area (Å²) in [6, 6.07) is 30.4. The Labute approximate surface area is 198 Å². The number of aromatic amines is 1. The minimum atomic E-state index is -0.410. The molecule has 5 rings (SSSR count). The number of rotatable bonds is 5. The summed E-state index contributed by atoms with van der Waals surface area (Å²) in [5.74, 6) is 0.185. The van der Waals surface area contributed by atoms with Crippen molar-refractivity contribution in [1.82, 2.24) is 19.8 Å². The zero-order valence-electron chi connectivity index (χ0n) is 18.8. The third-order valence-corrected chi connectivity index (χ3v) is 6.27. The molecule has 1 aromatic heterocycles. The van der Waals surface area contributed by atoms with Crippen LogP contribution in [0.1, 0.15) is 27.5 Å². The maximum atomic E-state index is 13.1. The SMILES string of the molecule is O=C(c1cnc(-c2ccccc2)[nH]c1=O)N1CCN(C(c2ccccc2)c2ccccc2)CC1. The normalized spacial score (nSPS) is 14.3. The van der Waals surface area contributed by atoms with Crippen LogP contribution in [0.4, 0.5) is 0 Å². The third kappa shape index (κ3) is 4.54. The highest BCUT2D eigenvalue weighted by Crippen LogP contribution is 2.29. The summed E-state index contributed by atoms with van der Waals surface area (Å²) in [5.41, 5.74) is 2.93. The molecule has 2 heterocycles. The van der Waals surface area contributed by atoms with Crippen LogP contribution in [0.5, 0.6) is 0 Å². The number of carbonyl (C=O) groups excluding carboxylic acids is 1. The molecule has 1 saturated heterocycles. The van der Waals surface area contributed by atoms with Crippen LogP contribution in [-0.4, -0.2) is 51.9 Å². The van der Waals surface area contributed by atoms with E-state index in [1.165, 1.54) is 17.3 Å². The molecule has 0 radical (unpaired) electrons. The van der Waals surface area contributed by atoms with Crippen molar-refractivity contribution in [3.8, 4) is 11.4 Å². The first-order valence-corrected chi connectivity index (χ1v) is 11.5. The van der Waals surface area contributed by atoms with Gasteiger partial charge in [-0.25, -0.2) is 4.98 Å². The van der Waals surface area contributed by atoms with Crippen molar-refractivity contribution in [2.75, 3.05) is 26.2 Å². The number of benzene rings is 3. The van der Waals surface area contributed by atoms with Crippen molar-refractivity contribution >= 4 is 5.91 Å². The van der Waals surface area contributed by atoms with Crippen molar-refractivity contribution in [3.05, 3.63) is 124 Å². The summed E-state index contributed by atoms with van der Waals surface area (Å²) < 4.78 is 0. The summed E-state index contributed by atoms with van der Waals surface area (Å²) in [4.78, 5) is 37.1. The van der Waals surface area contributed by atoms with Crippen LogP contribution < -0.4 is 5.56 Å². The van der Waals surface area contributed by atoms with Crippen LogP contribution >= 0.6 is 0 Å². The molecule has 3 aromatic carbocycles. The van der Waals surface area contributed by atoms with Gasteiger partial charge in [0.2, 0.25) is 0 Å². The van der Waals surface area contributed by atoms with Gasteiger partial charge in [-0.3, -0.25) is 14.5 Å². The molecular formula is C28H26N4O2. The van der Waals surface area contributed by atoms with Crippen LogP contribution in [0.3, 0.4) is 0 Å². The van der Waals surface area contributed by atoms with Gasteiger partial charge in [0.1, 0.15) is 11.4 Å². The number of hydrogen-bond acceptors (Lipinski definition) is 4. The Morgan fingerprint density at radius 3 is 1.82 bits per heavy atom. The number of nitrogens with zero attached hydrogens (tertiary/aromatic N) is 3. The summed E-state index contributed by atoms with van der Waals surface area (Å²) in [6.45, 7) is 2.53. The fourth-order valence-electron chi connectivity index (χ4n) is 4.53. The van der Waals surface area contributed by atoms with Crippen molar-refractivity contribution in [3.63, 3.8) is 0 Å². The minimum Gasteiger partial charge on any atom is -0.336 e. The van der Waals surface area contributed by atoms with Crippen molar-refractivity contribution < 1.29 is 4.79 Å². The number of H-pyrrole nitrogens is 1. The molecule has 0 bridgehead atoms. The molecule has 0 spiro atoms. The molecule has 6 nitrogen and oxygen atoms in total. The second-order valence-corrected chi connectivity index (χ2v) is 8.39. The molecule has 1 fully saturated rings. The molecule has 0 atom stereocenters. The van der Waals surface area contributed by atoms with Crippen LogP contribution in [0, 0.1) is 0 Å². The van der Waals surface area contributed by atoms with Gasteiger partial charge in [-0.2, -0.15) is 0 Å². The first kappa shape index (κ1) is 21.8. The minimum absolute atomic E-state index is 0.0794. The monoisotopic (exact) mass is 450 g/mol. The quantitative estimate of drug-likeness (QED) is 0.499. The standard InChI is InChI=1S/C28H26N4O2/c33-27-24(20-29-26(30-27)23-14-8-3-9-15-23)28(34)32-18-16-31(17-19-32)25(21-10-4-1-5-11-21)22-12-6-2-7-13-22/h1-15,20,25H,16-19H2,(H,29,30,33). The Balaban J connectivity index is 1.32. The van der Waals surface area contributed by atoms with Crippen LogP contribution in [0.25, 0.3) is 11.4 Å². The van der Waals surface area contributed by atoms with Crippen LogP contribution in [0.15, 0.2) is 102 Å². The van der Waals surface area contributed by atoms with Gasteiger partial charge in [-0.15, -0.1) is 0 Å². The van der Waals surface area contributed by atoms with Crippen LogP contribution in [0.2, 0.25) is 0 Å². The molecule has 1 aliphatic rings. The Hall–Kier alpha value is -4.03. The molecule has 0 saturated carbocycles. The third-order valence-electron chi connectivity index (χ3n) is 6.27. The number of nitrogens with one attached hydrogen (secondary N) is 1. The van der Waals surface area contributed by atoms with E-state index in [0.717, 1.165) is 5.56 Å². The van der Waals surface area contributed by atoms with Gasteiger partial charge in [0.05, 0.1) is 6.04 Å². The second kappa shape index (κ2) is 9.85. The highest BCUT2D eigenvalue weighted by molar-refractivity contribution is 5.93. The van der Waals surface area contributed by atoms with Gasteiger partial charge < -0.3 is 9.88 Å². The lowest BCUT2D eigenvalue weighted by molar-refractivity contribution is 0.0595. The lowest BCUT2D eigenvalue weighted by Crippen LogP contribution is -2.50. The molecule has 1 aliphatic heterocycles. The van der Waals surface area contributed by atoms with Gasteiger partial charge in [0.15, 0.2) is 0 Å². The first-order chi connectivity index (χ1) is 16.7. The second-order valence-electron chi connectivity index (χ2n) is 8.39. The molecule has 170 valence electrons. The van der Waals surface area contributed by atoms with Crippen molar-refractivity contribution in [1.29, 1.82) is 0 Å². The first-order valence-electron chi connectivity index (χ1n) is 11.5. The highest BCUT2D eigenvalue weighted by Gasteiger charge is 2.29. The Morgan fingerprint density at radius 2 is 1.29 bits per heavy atom. The maximum Gasteiger partial charge on any atom is 0.264 e. The number of hydrogen-bond donors (Lipinski definition) is 1. The molecule has 4 aromatic rings. The van der Waals surface area contributed by atoms with E-state index < -0.39 is 5.56 Å². The Bertz CT molecular complexity index is 1260. The lowest BCUT2D eigenvalue weighted by atomic mass is 9.96. The number of piperazine rings is 1. The van der Waals surface area contributed by atoms with Gasteiger partial charge in [-0.05, 0) is 11.1 Å². The van der Waals surface area contributed by atoms with E-state index in [1.54, 1.807) is 4.90 Å². The molecule has 0 unspecified atom stereocenters. The Morgan fingerprint density at radius 1 is 0.765 bits per heavy atom. The van der Waals surface area contributed by atoms with Crippen molar-refractivity contribution in [2.24, 2.45) is 0 Å². The van der Waals surface area contributed by atoms with Gasteiger partial charge in [-0.1, -0.05) is 91.0 Å². The molecular weight excluding hydrogens is 424 g/mol. The molecule has 34 heavy (non-hydrogen) atoms. The molecule has 1 N–H and O–H groups in total. The van der Waals surface area contributed by atoms with E-state index in [9.17, 15) is 9.59 Å². The summed E-state index contributed by atoms with van der Waals surface area (Å²) in [6.07, 6.45) is 1.40. The summed E-state index contributed by atoms with van der Waals surface area (Å²) >= 11 is 0. The van der Waals surface area contributed by atoms with Gasteiger partial charge in [0, 0.05) is 37.9 Å². The van der Waals surface area contributed by atoms with Gasteiger partial charge >= 0.3 is 0 Å². The topological polar surface area (TPSA) is 69.3 Å². The maximum absolute atomic E-state index is 13.1. The highest BCUT2D eigenvalue weighted by atomic mass is 16.2. The van der Waals surface area contributed by atoms with Crippen molar-refractivity contribution in [2.45, 2.75) is 6.04 Å². The Kier molecular flexibility index (Phi) is 6.31. The largest absolute Gasteiger partial charge is 0.336 e. The number of aromatic nitrogens is 2. The van der Waals surface area contributed by atoms with Crippen LogP contribution in [-0.2, 0) is 0 Å². The van der Waals surface area contributed by atoms with E-state index >= 15 is 0 Å². The molecule has 0 aliphatic carbocycles. The fraction of sp³-hybridized carbons (Fsp3) is 0.179. The number of carbonyl (C=O) groups is 1. The van der Waals surface area contributed by atoms with E-state index in [2.05, 4.69) is 63.4 Å². The fourth-order valence-corrected chi connectivity index (χ4v) is 4.53. The lowest BCUT2D eigenvalue weighted by Gasteiger charge is -2.39. The average Bonchev–Trinajstić information content (AvgIpc) is 2.91. The predicted molar refractivity (Wildman–Crippen MR) is 132 cm³/mol.